The summed E-state index contributed by atoms with van der Waals surface area (Å²) in [6.07, 6.45) is 3.83. The predicted molar refractivity (Wildman–Crippen MR) is 100 cm³/mol. The summed E-state index contributed by atoms with van der Waals surface area (Å²) in [5, 5.41) is 17.6. The van der Waals surface area contributed by atoms with E-state index in [4.69, 9.17) is 19.7 Å². The Bertz CT molecular complexity index is 732. The van der Waals surface area contributed by atoms with Crippen LogP contribution in [0.1, 0.15) is 46.9 Å². The molecule has 0 spiro atoms. The van der Waals surface area contributed by atoms with Crippen LogP contribution in [0.25, 0.3) is 0 Å². The van der Waals surface area contributed by atoms with E-state index in [0.717, 1.165) is 12.4 Å². The van der Waals surface area contributed by atoms with Crippen LogP contribution >= 0.6 is 0 Å². The molecule has 0 unspecified atom stereocenters. The number of hydrogen-bond acceptors (Lipinski definition) is 5. The van der Waals surface area contributed by atoms with Gasteiger partial charge in [-0.3, -0.25) is 0 Å². The lowest BCUT2D eigenvalue weighted by Gasteiger charge is -2.25. The number of ether oxygens (including phenoxy) is 2. The van der Waals surface area contributed by atoms with Gasteiger partial charge < -0.3 is 19.7 Å². The smallest absolute Gasteiger partial charge is 0.338 e. The van der Waals surface area contributed by atoms with Crippen LogP contribution in [-0.2, 0) is 4.74 Å². The highest BCUT2D eigenvalue weighted by Gasteiger charge is 2.17. The van der Waals surface area contributed by atoms with Crippen molar-refractivity contribution in [1.29, 1.82) is 0 Å². The van der Waals surface area contributed by atoms with Gasteiger partial charge in [-0.2, -0.15) is 0 Å². The van der Waals surface area contributed by atoms with E-state index in [-0.39, 0.29) is 11.7 Å². The lowest BCUT2D eigenvalue weighted by molar-refractivity contribution is 0.0525. The second-order valence-electron chi connectivity index (χ2n) is 6.20. The van der Waals surface area contributed by atoms with Crippen molar-refractivity contribution in [3.05, 3.63) is 59.7 Å². The van der Waals surface area contributed by atoms with Crippen LogP contribution in [0.3, 0.4) is 0 Å². The largest absolute Gasteiger partial charge is 0.508 e. The van der Waals surface area contributed by atoms with Crippen molar-refractivity contribution in [2.24, 2.45) is 5.92 Å². The van der Waals surface area contributed by atoms with Gasteiger partial charge in [-0.15, -0.1) is 0 Å². The van der Waals surface area contributed by atoms with Gasteiger partial charge in [-0.1, -0.05) is 6.42 Å². The molecule has 6 nitrogen and oxygen atoms in total. The monoisotopic (exact) mass is 372 g/mol. The first kappa shape index (κ1) is 20.3. The zero-order valence-corrected chi connectivity index (χ0v) is 15.3. The predicted octanol–water partition coefficient (Wildman–Crippen LogP) is 4.13. The third kappa shape index (κ3) is 6.66. The fraction of sp³-hybridized carbons (Fsp3) is 0.333. The number of carbonyl (C=O) groups excluding carboxylic acids is 1. The Morgan fingerprint density at radius 3 is 2.07 bits per heavy atom. The number of aromatic hydroxyl groups is 1. The van der Waals surface area contributed by atoms with Gasteiger partial charge in [0.05, 0.1) is 24.3 Å². The summed E-state index contributed by atoms with van der Waals surface area (Å²) in [7, 11) is 0. The van der Waals surface area contributed by atoms with Gasteiger partial charge in [0, 0.05) is 0 Å². The first-order chi connectivity index (χ1) is 13.0. The summed E-state index contributed by atoms with van der Waals surface area (Å²) in [5.41, 5.74) is 0.751. The van der Waals surface area contributed by atoms with E-state index < -0.39 is 5.97 Å². The molecule has 2 aromatic rings. The standard InChI is InChI=1S/C12H14O3.C9H10O3/c13-12(14)10-4-6-11(7-5-10)15-8-9-2-1-3-9;1-2-12-9(11)7-3-5-8(10)6-4-7/h4-7,9H,1-3,8H2,(H,13,14);3-6,10H,2H2,1H3. The topological polar surface area (TPSA) is 93.1 Å². The maximum atomic E-state index is 11.1. The Balaban J connectivity index is 0.000000199. The number of phenols is 1. The van der Waals surface area contributed by atoms with Gasteiger partial charge in [-0.25, -0.2) is 9.59 Å². The van der Waals surface area contributed by atoms with Crippen molar-refractivity contribution in [1.82, 2.24) is 0 Å². The number of aromatic carboxylic acids is 1. The Kier molecular flexibility index (Phi) is 7.67. The van der Waals surface area contributed by atoms with Gasteiger partial charge in [0.2, 0.25) is 0 Å². The molecule has 6 heteroatoms. The molecule has 0 atom stereocenters. The maximum absolute atomic E-state index is 11.1. The lowest BCUT2D eigenvalue weighted by Crippen LogP contribution is -2.19. The zero-order chi connectivity index (χ0) is 19.6. The third-order valence-corrected chi connectivity index (χ3v) is 4.19. The van der Waals surface area contributed by atoms with Crippen LogP contribution in [0.15, 0.2) is 48.5 Å². The molecule has 0 saturated heterocycles. The summed E-state index contributed by atoms with van der Waals surface area (Å²) >= 11 is 0. The molecule has 0 bridgehead atoms. The van der Waals surface area contributed by atoms with Crippen molar-refractivity contribution >= 4 is 11.9 Å². The van der Waals surface area contributed by atoms with Crippen molar-refractivity contribution in [3.8, 4) is 11.5 Å². The van der Waals surface area contributed by atoms with E-state index in [1.54, 1.807) is 31.2 Å². The molecule has 1 saturated carbocycles. The second kappa shape index (κ2) is 10.2. The average Bonchev–Trinajstić information content (AvgIpc) is 2.62. The van der Waals surface area contributed by atoms with Crippen LogP contribution in [0.4, 0.5) is 0 Å². The van der Waals surface area contributed by atoms with Crippen molar-refractivity contribution < 1.29 is 29.3 Å². The molecular weight excluding hydrogens is 348 g/mol. The fourth-order valence-electron chi connectivity index (χ4n) is 2.38. The van der Waals surface area contributed by atoms with Crippen LogP contribution in [0, 0.1) is 5.92 Å². The minimum absolute atomic E-state index is 0.142. The molecule has 27 heavy (non-hydrogen) atoms. The highest BCUT2D eigenvalue weighted by Crippen LogP contribution is 2.27. The first-order valence-electron chi connectivity index (χ1n) is 8.92. The number of esters is 1. The number of carbonyl (C=O) groups is 2. The van der Waals surface area contributed by atoms with Crippen LogP contribution in [0.2, 0.25) is 0 Å². The highest BCUT2D eigenvalue weighted by molar-refractivity contribution is 5.89. The average molecular weight is 372 g/mol. The van der Waals surface area contributed by atoms with Gasteiger partial charge in [0.25, 0.3) is 0 Å². The van der Waals surface area contributed by atoms with Gasteiger partial charge in [0.15, 0.2) is 0 Å². The van der Waals surface area contributed by atoms with E-state index >= 15 is 0 Å². The highest BCUT2D eigenvalue weighted by atomic mass is 16.5. The number of carboxylic acid groups (broad SMARTS) is 1. The molecule has 0 radical (unpaired) electrons. The molecule has 1 aliphatic carbocycles. The summed E-state index contributed by atoms with van der Waals surface area (Å²) in [6.45, 7) is 2.87. The van der Waals surface area contributed by atoms with Gasteiger partial charge in [-0.05, 0) is 74.2 Å². The SMILES string of the molecule is CCOC(=O)c1ccc(O)cc1.O=C(O)c1ccc(OCC2CCC2)cc1. The molecule has 0 aliphatic heterocycles. The number of rotatable bonds is 6. The van der Waals surface area contributed by atoms with E-state index in [0.29, 0.717) is 23.7 Å². The quantitative estimate of drug-likeness (QED) is 0.741. The number of hydrogen-bond donors (Lipinski definition) is 2. The molecule has 2 N–H and O–H groups in total. The fourth-order valence-corrected chi connectivity index (χ4v) is 2.38. The molecule has 1 aliphatic rings. The van der Waals surface area contributed by atoms with Gasteiger partial charge in [0.1, 0.15) is 11.5 Å². The van der Waals surface area contributed by atoms with E-state index in [1.165, 1.54) is 43.5 Å². The van der Waals surface area contributed by atoms with Crippen molar-refractivity contribution in [2.45, 2.75) is 26.2 Å². The van der Waals surface area contributed by atoms with E-state index in [1.807, 2.05) is 0 Å². The molecular formula is C21H24O6. The summed E-state index contributed by atoms with van der Waals surface area (Å²) < 4.78 is 10.3. The Morgan fingerprint density at radius 2 is 1.59 bits per heavy atom. The maximum Gasteiger partial charge on any atom is 0.338 e. The lowest BCUT2D eigenvalue weighted by atomic mass is 9.86. The molecule has 1 fully saturated rings. The number of carboxylic acids is 1. The summed E-state index contributed by atoms with van der Waals surface area (Å²) in [4.78, 5) is 21.6. The second-order valence-corrected chi connectivity index (χ2v) is 6.20. The van der Waals surface area contributed by atoms with Crippen molar-refractivity contribution in [3.63, 3.8) is 0 Å². The zero-order valence-electron chi connectivity index (χ0n) is 15.3. The van der Waals surface area contributed by atoms with Gasteiger partial charge >= 0.3 is 11.9 Å². The number of phenolic OH excluding ortho intramolecular Hbond substituents is 1. The minimum Gasteiger partial charge on any atom is -0.508 e. The van der Waals surface area contributed by atoms with Crippen LogP contribution in [0.5, 0.6) is 11.5 Å². The van der Waals surface area contributed by atoms with Crippen molar-refractivity contribution in [2.75, 3.05) is 13.2 Å². The minimum atomic E-state index is -0.902. The third-order valence-electron chi connectivity index (χ3n) is 4.19. The molecule has 0 heterocycles. The normalized spacial score (nSPS) is 12.9. The van der Waals surface area contributed by atoms with E-state index in [9.17, 15) is 9.59 Å². The first-order valence-corrected chi connectivity index (χ1v) is 8.92. The molecule has 3 rings (SSSR count). The van der Waals surface area contributed by atoms with Crippen LogP contribution < -0.4 is 4.74 Å². The summed E-state index contributed by atoms with van der Waals surface area (Å²) in [6, 6.07) is 12.5. The molecule has 0 aromatic heterocycles. The Labute approximate surface area is 158 Å². The van der Waals surface area contributed by atoms with E-state index in [2.05, 4.69) is 0 Å². The molecule has 0 amide bonds. The van der Waals surface area contributed by atoms with Crippen LogP contribution in [-0.4, -0.2) is 35.4 Å². The Morgan fingerprint density at radius 1 is 1.00 bits per heavy atom. The molecule has 2 aromatic carbocycles. The molecule has 144 valence electrons. The summed E-state index contributed by atoms with van der Waals surface area (Å²) in [5.74, 6) is 0.331. The number of benzene rings is 2. The Hall–Kier alpha value is -3.02.